The first-order valence-corrected chi connectivity index (χ1v) is 4.35. The first-order chi connectivity index (χ1) is 5.27. The third-order valence-electron chi connectivity index (χ3n) is 1.23. The maximum Gasteiger partial charge on any atom is 0.136 e. The molecule has 0 bridgehead atoms. The molecule has 68 valence electrons. The van der Waals surface area contributed by atoms with Gasteiger partial charge in [0.1, 0.15) is 5.75 Å². The van der Waals surface area contributed by atoms with Crippen LogP contribution in [-0.2, 0) is 5.88 Å². The van der Waals surface area contributed by atoms with E-state index in [1.54, 1.807) is 19.4 Å². The summed E-state index contributed by atoms with van der Waals surface area (Å²) in [5.74, 6) is 1.17. The number of aromatic nitrogens is 1. The van der Waals surface area contributed by atoms with E-state index in [-0.39, 0.29) is 12.4 Å². The van der Waals surface area contributed by atoms with E-state index in [0.717, 1.165) is 15.9 Å². The Morgan fingerprint density at radius 2 is 2.33 bits per heavy atom. The van der Waals surface area contributed by atoms with Crippen LogP contribution in [-0.4, -0.2) is 12.1 Å². The van der Waals surface area contributed by atoms with Crippen molar-refractivity contribution in [3.8, 4) is 5.75 Å². The minimum absolute atomic E-state index is 0. The second kappa shape index (κ2) is 5.62. The van der Waals surface area contributed by atoms with Crippen LogP contribution in [0.3, 0.4) is 0 Å². The molecule has 5 heteroatoms. The molecule has 1 aromatic heterocycles. The van der Waals surface area contributed by atoms with Gasteiger partial charge in [-0.1, -0.05) is 0 Å². The lowest BCUT2D eigenvalue weighted by molar-refractivity contribution is 0.411. The summed E-state index contributed by atoms with van der Waals surface area (Å²) < 4.78 is 5.88. The molecule has 0 aromatic carbocycles. The molecule has 1 aromatic rings. The molecule has 0 aliphatic heterocycles. The van der Waals surface area contributed by atoms with E-state index in [2.05, 4.69) is 20.9 Å². The van der Waals surface area contributed by atoms with Crippen LogP contribution in [0.15, 0.2) is 16.7 Å². The Morgan fingerprint density at radius 3 is 2.83 bits per heavy atom. The van der Waals surface area contributed by atoms with E-state index in [1.165, 1.54) is 0 Å². The van der Waals surface area contributed by atoms with Gasteiger partial charge in [-0.15, -0.1) is 24.0 Å². The Labute approximate surface area is 90.8 Å². The predicted octanol–water partition coefficient (Wildman–Crippen LogP) is 3.01. The molecule has 12 heavy (non-hydrogen) atoms. The summed E-state index contributed by atoms with van der Waals surface area (Å²) in [5, 5.41) is 0. The Hall–Kier alpha value is 0.01000. The maximum absolute atomic E-state index is 5.57. The molecule has 0 aliphatic rings. The first-order valence-electron chi connectivity index (χ1n) is 3.02. The van der Waals surface area contributed by atoms with E-state index in [1.807, 2.05) is 0 Å². The molecular weight excluding hydrogens is 265 g/mol. The van der Waals surface area contributed by atoms with Crippen LogP contribution in [0.1, 0.15) is 5.69 Å². The maximum atomic E-state index is 5.57. The number of methoxy groups -OCH3 is 1. The summed E-state index contributed by atoms with van der Waals surface area (Å²) >= 11 is 8.86. The van der Waals surface area contributed by atoms with Crippen molar-refractivity contribution in [3.05, 3.63) is 22.4 Å². The van der Waals surface area contributed by atoms with Crippen LogP contribution >= 0.6 is 39.9 Å². The van der Waals surface area contributed by atoms with Crippen LogP contribution in [0, 0.1) is 0 Å². The summed E-state index contributed by atoms with van der Waals surface area (Å²) in [7, 11) is 1.61. The van der Waals surface area contributed by atoms with Crippen LogP contribution in [0.4, 0.5) is 0 Å². The standard InChI is InChI=1S/C7H7BrClNO.ClH/c1-11-7-2-5(3-9)10-4-6(7)8;/h2,4H,3H2,1H3;1H. The fourth-order valence-corrected chi connectivity index (χ4v) is 1.22. The normalized spacial score (nSPS) is 8.92. The zero-order chi connectivity index (χ0) is 8.27. The summed E-state index contributed by atoms with van der Waals surface area (Å²) in [6.45, 7) is 0. The molecule has 0 radical (unpaired) electrons. The van der Waals surface area contributed by atoms with Gasteiger partial charge in [0.2, 0.25) is 0 Å². The highest BCUT2D eigenvalue weighted by Crippen LogP contribution is 2.24. The number of nitrogens with zero attached hydrogens (tertiary/aromatic N) is 1. The SMILES string of the molecule is COc1cc(CCl)ncc1Br.Cl. The van der Waals surface area contributed by atoms with Gasteiger partial charge in [-0.05, 0) is 15.9 Å². The second-order valence-corrected chi connectivity index (χ2v) is 3.07. The van der Waals surface area contributed by atoms with E-state index >= 15 is 0 Å². The third kappa shape index (κ3) is 2.81. The van der Waals surface area contributed by atoms with Crippen molar-refractivity contribution < 1.29 is 4.74 Å². The molecule has 0 unspecified atom stereocenters. The van der Waals surface area contributed by atoms with Gasteiger partial charge >= 0.3 is 0 Å². The van der Waals surface area contributed by atoms with Crippen molar-refractivity contribution in [2.75, 3.05) is 7.11 Å². The molecule has 1 rings (SSSR count). The Bertz CT molecular complexity index is 257. The van der Waals surface area contributed by atoms with Gasteiger partial charge in [-0.25, -0.2) is 0 Å². The quantitative estimate of drug-likeness (QED) is 0.773. The van der Waals surface area contributed by atoms with Crippen LogP contribution in [0.25, 0.3) is 0 Å². The fourth-order valence-electron chi connectivity index (χ4n) is 0.690. The minimum atomic E-state index is 0. The van der Waals surface area contributed by atoms with Gasteiger partial charge in [0.15, 0.2) is 0 Å². The van der Waals surface area contributed by atoms with E-state index in [4.69, 9.17) is 16.3 Å². The number of rotatable bonds is 2. The monoisotopic (exact) mass is 271 g/mol. The number of hydrogen-bond donors (Lipinski definition) is 0. The third-order valence-corrected chi connectivity index (χ3v) is 2.10. The Kier molecular flexibility index (Phi) is 5.63. The molecule has 2 nitrogen and oxygen atoms in total. The van der Waals surface area contributed by atoms with Crippen LogP contribution < -0.4 is 4.74 Å². The van der Waals surface area contributed by atoms with Crippen molar-refractivity contribution in [1.29, 1.82) is 0 Å². The van der Waals surface area contributed by atoms with Crippen molar-refractivity contribution in [2.45, 2.75) is 5.88 Å². The molecule has 0 spiro atoms. The molecule has 0 atom stereocenters. The lowest BCUT2D eigenvalue weighted by atomic mass is 10.3. The summed E-state index contributed by atoms with van der Waals surface area (Å²) in [4.78, 5) is 4.05. The van der Waals surface area contributed by atoms with Gasteiger partial charge in [-0.2, -0.15) is 0 Å². The summed E-state index contributed by atoms with van der Waals surface area (Å²) in [6.07, 6.45) is 1.68. The summed E-state index contributed by atoms with van der Waals surface area (Å²) in [6, 6.07) is 1.80. The van der Waals surface area contributed by atoms with Crippen molar-refractivity contribution in [1.82, 2.24) is 4.98 Å². The number of pyridine rings is 1. The van der Waals surface area contributed by atoms with Gasteiger partial charge in [-0.3, -0.25) is 4.98 Å². The minimum Gasteiger partial charge on any atom is -0.495 e. The molecule has 0 saturated heterocycles. The van der Waals surface area contributed by atoms with E-state index in [9.17, 15) is 0 Å². The number of ether oxygens (including phenoxy) is 1. The van der Waals surface area contributed by atoms with Gasteiger partial charge < -0.3 is 4.74 Å². The van der Waals surface area contributed by atoms with Crippen molar-refractivity contribution in [2.24, 2.45) is 0 Å². The molecule has 0 N–H and O–H groups in total. The Morgan fingerprint density at radius 1 is 1.67 bits per heavy atom. The zero-order valence-electron chi connectivity index (χ0n) is 6.38. The van der Waals surface area contributed by atoms with E-state index < -0.39 is 0 Å². The molecular formula is C7H8BrCl2NO. The Balaban J connectivity index is 0.00000121. The molecule has 0 aliphatic carbocycles. The summed E-state index contributed by atoms with van der Waals surface area (Å²) in [5.41, 5.74) is 0.812. The lowest BCUT2D eigenvalue weighted by Crippen LogP contribution is -1.89. The molecule has 0 saturated carbocycles. The molecule has 0 amide bonds. The van der Waals surface area contributed by atoms with Gasteiger partial charge in [0.05, 0.1) is 23.2 Å². The zero-order valence-corrected chi connectivity index (χ0v) is 9.54. The topological polar surface area (TPSA) is 22.1 Å². The fraction of sp³-hybridized carbons (Fsp3) is 0.286. The highest BCUT2D eigenvalue weighted by Gasteiger charge is 2.00. The van der Waals surface area contributed by atoms with Crippen LogP contribution in [0.2, 0.25) is 0 Å². The predicted molar refractivity (Wildman–Crippen MR) is 55.3 cm³/mol. The first kappa shape index (κ1) is 12.0. The second-order valence-electron chi connectivity index (χ2n) is 1.94. The number of hydrogen-bond acceptors (Lipinski definition) is 2. The number of halogens is 3. The van der Waals surface area contributed by atoms with E-state index in [0.29, 0.717) is 5.88 Å². The molecule has 0 fully saturated rings. The van der Waals surface area contributed by atoms with Crippen LogP contribution in [0.5, 0.6) is 5.75 Å². The van der Waals surface area contributed by atoms with Gasteiger partial charge in [0.25, 0.3) is 0 Å². The molecule has 1 heterocycles. The highest BCUT2D eigenvalue weighted by atomic mass is 79.9. The highest BCUT2D eigenvalue weighted by molar-refractivity contribution is 9.10. The lowest BCUT2D eigenvalue weighted by Gasteiger charge is -2.02. The average molecular weight is 273 g/mol. The largest absolute Gasteiger partial charge is 0.495 e. The van der Waals surface area contributed by atoms with Crippen molar-refractivity contribution >= 4 is 39.9 Å². The average Bonchev–Trinajstić information content (AvgIpc) is 2.05. The smallest absolute Gasteiger partial charge is 0.136 e. The number of alkyl halides is 1. The van der Waals surface area contributed by atoms with Crippen molar-refractivity contribution in [3.63, 3.8) is 0 Å². The van der Waals surface area contributed by atoms with Gasteiger partial charge in [0, 0.05) is 12.3 Å².